The molecule has 74 valence electrons. The van der Waals surface area contributed by atoms with Crippen LogP contribution in [-0.4, -0.2) is 22.2 Å². The fourth-order valence-corrected chi connectivity index (χ4v) is 0.838. The molecule has 14 heavy (non-hydrogen) atoms. The zero-order chi connectivity index (χ0) is 11.2. The Bertz CT molecular complexity index is 306. The molecule has 0 heterocycles. The number of carboxylic acids is 2. The summed E-state index contributed by atoms with van der Waals surface area (Å²) in [4.78, 5) is 21.6. The SMILES string of the molecule is C#CCC(C=CC=C)(C(=O)O)C(=O)O. The zero-order valence-electron chi connectivity index (χ0n) is 7.43. The number of aliphatic carboxylic acids is 2. The maximum atomic E-state index is 10.8. The van der Waals surface area contributed by atoms with Gasteiger partial charge in [0.15, 0.2) is 5.41 Å². The first kappa shape index (κ1) is 12.0. The van der Waals surface area contributed by atoms with Crippen LogP contribution in [0.4, 0.5) is 0 Å². The monoisotopic (exact) mass is 194 g/mol. The Hall–Kier alpha value is -2.02. The predicted octanol–water partition coefficient (Wildman–Crippen LogP) is 0.907. The van der Waals surface area contributed by atoms with Crippen LogP contribution in [0.1, 0.15) is 6.42 Å². The van der Waals surface area contributed by atoms with Crippen molar-refractivity contribution >= 4 is 11.9 Å². The average molecular weight is 194 g/mol. The molecule has 0 fully saturated rings. The minimum Gasteiger partial charge on any atom is -0.480 e. The molecule has 0 radical (unpaired) electrons. The molecule has 0 unspecified atom stereocenters. The summed E-state index contributed by atoms with van der Waals surface area (Å²) in [6.07, 6.45) is 8.08. The Morgan fingerprint density at radius 2 is 1.93 bits per heavy atom. The van der Waals surface area contributed by atoms with Crippen LogP contribution in [0.2, 0.25) is 0 Å². The maximum absolute atomic E-state index is 10.8. The van der Waals surface area contributed by atoms with Gasteiger partial charge in [0.05, 0.1) is 0 Å². The lowest BCUT2D eigenvalue weighted by Gasteiger charge is -2.17. The van der Waals surface area contributed by atoms with Gasteiger partial charge in [-0.25, -0.2) is 0 Å². The summed E-state index contributed by atoms with van der Waals surface area (Å²) < 4.78 is 0. The molecule has 0 bridgehead atoms. The van der Waals surface area contributed by atoms with E-state index in [1.54, 1.807) is 0 Å². The molecule has 0 aliphatic carbocycles. The largest absolute Gasteiger partial charge is 0.480 e. The third-order valence-electron chi connectivity index (χ3n) is 1.66. The van der Waals surface area contributed by atoms with Crippen LogP contribution in [0.15, 0.2) is 24.8 Å². The van der Waals surface area contributed by atoms with Crippen LogP contribution >= 0.6 is 0 Å². The number of hydrogen-bond donors (Lipinski definition) is 2. The molecule has 0 spiro atoms. The fraction of sp³-hybridized carbons (Fsp3) is 0.200. The van der Waals surface area contributed by atoms with Crippen molar-refractivity contribution in [3.8, 4) is 12.3 Å². The van der Waals surface area contributed by atoms with Gasteiger partial charge >= 0.3 is 11.9 Å². The van der Waals surface area contributed by atoms with Gasteiger partial charge in [0, 0.05) is 6.42 Å². The standard InChI is InChI=1S/C10H10O4/c1-3-5-7-10(6-4-2,8(11)12)9(13)14/h2-3,5,7H,1,6H2,(H,11,12)(H,13,14). The van der Waals surface area contributed by atoms with E-state index < -0.39 is 23.8 Å². The van der Waals surface area contributed by atoms with E-state index in [4.69, 9.17) is 16.6 Å². The van der Waals surface area contributed by atoms with E-state index in [0.717, 1.165) is 6.08 Å². The molecule has 0 atom stereocenters. The van der Waals surface area contributed by atoms with Crippen molar-refractivity contribution in [3.63, 3.8) is 0 Å². The highest BCUT2D eigenvalue weighted by molar-refractivity contribution is 6.00. The molecule has 0 amide bonds. The number of rotatable bonds is 5. The van der Waals surface area contributed by atoms with Crippen molar-refractivity contribution in [2.45, 2.75) is 6.42 Å². The highest BCUT2D eigenvalue weighted by Gasteiger charge is 2.43. The van der Waals surface area contributed by atoms with Crippen LogP contribution in [0, 0.1) is 17.8 Å². The quantitative estimate of drug-likeness (QED) is 0.387. The van der Waals surface area contributed by atoms with Gasteiger partial charge in [-0.2, -0.15) is 0 Å². The van der Waals surface area contributed by atoms with Crippen molar-refractivity contribution in [2.24, 2.45) is 5.41 Å². The smallest absolute Gasteiger partial charge is 0.326 e. The topological polar surface area (TPSA) is 74.6 Å². The molecule has 4 heteroatoms. The number of carbonyl (C=O) groups is 2. The van der Waals surface area contributed by atoms with E-state index in [-0.39, 0.29) is 0 Å². The van der Waals surface area contributed by atoms with Crippen LogP contribution < -0.4 is 0 Å². The Kier molecular flexibility index (Phi) is 4.17. The summed E-state index contributed by atoms with van der Waals surface area (Å²) >= 11 is 0. The second-order valence-electron chi connectivity index (χ2n) is 2.56. The first-order chi connectivity index (χ1) is 6.51. The van der Waals surface area contributed by atoms with E-state index in [1.165, 1.54) is 12.2 Å². The van der Waals surface area contributed by atoms with Crippen molar-refractivity contribution < 1.29 is 19.8 Å². The number of allylic oxidation sites excluding steroid dienone is 2. The summed E-state index contributed by atoms with van der Waals surface area (Å²) in [7, 11) is 0. The molecule has 0 aliphatic rings. The molecule has 0 rings (SSSR count). The van der Waals surface area contributed by atoms with Crippen molar-refractivity contribution in [3.05, 3.63) is 24.8 Å². The molecule has 0 aliphatic heterocycles. The van der Waals surface area contributed by atoms with E-state index in [2.05, 4.69) is 6.58 Å². The Morgan fingerprint density at radius 1 is 1.43 bits per heavy atom. The predicted molar refractivity (Wildman–Crippen MR) is 50.5 cm³/mol. The molecule has 4 nitrogen and oxygen atoms in total. The molecule has 2 N–H and O–H groups in total. The third kappa shape index (κ3) is 2.23. The number of carboxylic acid groups (broad SMARTS) is 2. The van der Waals surface area contributed by atoms with Crippen LogP contribution in [0.25, 0.3) is 0 Å². The molecular formula is C10H10O4. The Balaban J connectivity index is 5.27. The van der Waals surface area contributed by atoms with Crippen molar-refractivity contribution in [1.82, 2.24) is 0 Å². The highest BCUT2D eigenvalue weighted by Crippen LogP contribution is 2.24. The minimum atomic E-state index is -2.05. The maximum Gasteiger partial charge on any atom is 0.326 e. The van der Waals surface area contributed by atoms with Gasteiger partial charge in [-0.15, -0.1) is 12.3 Å². The molecular weight excluding hydrogens is 184 g/mol. The summed E-state index contributed by atoms with van der Waals surface area (Å²) in [6.45, 7) is 3.32. The minimum absolute atomic E-state index is 0.401. The average Bonchev–Trinajstić information content (AvgIpc) is 2.11. The summed E-state index contributed by atoms with van der Waals surface area (Å²) in [5.74, 6) is -0.937. The third-order valence-corrected chi connectivity index (χ3v) is 1.66. The lowest BCUT2D eigenvalue weighted by atomic mass is 9.84. The van der Waals surface area contributed by atoms with Gasteiger partial charge in [0.25, 0.3) is 0 Å². The summed E-state index contributed by atoms with van der Waals surface area (Å²) in [5, 5.41) is 17.6. The second kappa shape index (κ2) is 4.87. The lowest BCUT2D eigenvalue weighted by Crippen LogP contribution is -2.37. The van der Waals surface area contributed by atoms with Gasteiger partial charge in [-0.3, -0.25) is 9.59 Å². The van der Waals surface area contributed by atoms with E-state index in [0.29, 0.717) is 0 Å². The van der Waals surface area contributed by atoms with E-state index >= 15 is 0 Å². The first-order valence-corrected chi connectivity index (χ1v) is 3.71. The van der Waals surface area contributed by atoms with Gasteiger partial charge in [0.2, 0.25) is 0 Å². The molecule has 0 aromatic rings. The first-order valence-electron chi connectivity index (χ1n) is 3.71. The summed E-state index contributed by atoms with van der Waals surface area (Å²) in [6, 6.07) is 0. The fourth-order valence-electron chi connectivity index (χ4n) is 0.838. The van der Waals surface area contributed by atoms with E-state index in [1.807, 2.05) is 5.92 Å². The van der Waals surface area contributed by atoms with Gasteiger partial charge in [-0.05, 0) is 0 Å². The van der Waals surface area contributed by atoms with Crippen LogP contribution in [0.5, 0.6) is 0 Å². The molecule has 0 saturated carbocycles. The van der Waals surface area contributed by atoms with Crippen molar-refractivity contribution in [2.75, 3.05) is 0 Å². The summed E-state index contributed by atoms with van der Waals surface area (Å²) in [5.41, 5.74) is -2.05. The second-order valence-corrected chi connectivity index (χ2v) is 2.56. The zero-order valence-corrected chi connectivity index (χ0v) is 7.43. The van der Waals surface area contributed by atoms with Gasteiger partial charge in [0.1, 0.15) is 0 Å². The van der Waals surface area contributed by atoms with E-state index in [9.17, 15) is 9.59 Å². The normalized spacial score (nSPS) is 10.8. The van der Waals surface area contributed by atoms with Crippen molar-refractivity contribution in [1.29, 1.82) is 0 Å². The lowest BCUT2D eigenvalue weighted by molar-refractivity contribution is -0.160. The number of terminal acetylenes is 1. The van der Waals surface area contributed by atoms with Gasteiger partial charge in [-0.1, -0.05) is 24.8 Å². The molecule has 0 aromatic heterocycles. The molecule has 0 saturated heterocycles. The van der Waals surface area contributed by atoms with Crippen LogP contribution in [0.3, 0.4) is 0 Å². The van der Waals surface area contributed by atoms with Crippen LogP contribution in [-0.2, 0) is 9.59 Å². The molecule has 0 aromatic carbocycles. The van der Waals surface area contributed by atoms with Gasteiger partial charge < -0.3 is 10.2 Å². The Labute approximate surface area is 81.6 Å². The highest BCUT2D eigenvalue weighted by atomic mass is 16.4. The number of hydrogen-bond acceptors (Lipinski definition) is 2. The Morgan fingerprint density at radius 3 is 2.21 bits per heavy atom.